The quantitative estimate of drug-likeness (QED) is 0.689. The van der Waals surface area contributed by atoms with E-state index in [1.165, 1.54) is 23.5 Å². The highest BCUT2D eigenvalue weighted by Crippen LogP contribution is 2.40. The molecule has 2 nitrogen and oxygen atoms in total. The minimum atomic E-state index is -0.253. The molecule has 1 aliphatic heterocycles. The topological polar surface area (TPSA) is 29.1 Å². The van der Waals surface area contributed by atoms with Gasteiger partial charge in [0.25, 0.3) is 0 Å². The second-order valence-corrected chi connectivity index (χ2v) is 6.58. The molecule has 1 N–H and O–H groups in total. The fourth-order valence-electron chi connectivity index (χ4n) is 2.88. The number of carbonyl (C=O) groups is 1. The van der Waals surface area contributed by atoms with Crippen LogP contribution in [-0.2, 0) is 6.42 Å². The van der Waals surface area contributed by atoms with Crippen LogP contribution in [-0.4, -0.2) is 12.3 Å². The fraction of sp³-hybridized carbons (Fsp3) is 0.105. The SMILES string of the molecule is O=C(c1ccccc1)c1cc2c(s1)-c1ccc(F)cc1NCC2. The second-order valence-electron chi connectivity index (χ2n) is 5.53. The summed E-state index contributed by atoms with van der Waals surface area (Å²) in [7, 11) is 0. The number of halogens is 1. The van der Waals surface area contributed by atoms with Gasteiger partial charge in [0.05, 0.1) is 4.88 Å². The van der Waals surface area contributed by atoms with Crippen LogP contribution in [0.4, 0.5) is 10.1 Å². The summed E-state index contributed by atoms with van der Waals surface area (Å²) in [5, 5.41) is 3.26. The smallest absolute Gasteiger partial charge is 0.202 e. The largest absolute Gasteiger partial charge is 0.384 e. The van der Waals surface area contributed by atoms with E-state index in [1.54, 1.807) is 6.07 Å². The Hall–Kier alpha value is -2.46. The minimum absolute atomic E-state index is 0.0419. The molecule has 0 saturated heterocycles. The summed E-state index contributed by atoms with van der Waals surface area (Å²) in [4.78, 5) is 14.4. The van der Waals surface area contributed by atoms with Gasteiger partial charge in [-0.15, -0.1) is 11.3 Å². The summed E-state index contributed by atoms with van der Waals surface area (Å²) in [6.07, 6.45) is 0.824. The molecular formula is C19H14FNOS. The molecule has 3 aromatic rings. The van der Waals surface area contributed by atoms with E-state index >= 15 is 0 Å². The molecule has 0 bridgehead atoms. The molecule has 0 spiro atoms. The highest BCUT2D eigenvalue weighted by Gasteiger charge is 2.21. The number of ketones is 1. The van der Waals surface area contributed by atoms with E-state index in [-0.39, 0.29) is 11.6 Å². The van der Waals surface area contributed by atoms with Crippen molar-refractivity contribution >= 4 is 22.8 Å². The molecule has 114 valence electrons. The maximum atomic E-state index is 13.5. The zero-order chi connectivity index (χ0) is 15.8. The first kappa shape index (κ1) is 14.2. The van der Waals surface area contributed by atoms with E-state index in [0.29, 0.717) is 5.56 Å². The lowest BCUT2D eigenvalue weighted by molar-refractivity contribution is 0.104. The predicted octanol–water partition coefficient (Wildman–Crippen LogP) is 4.75. The van der Waals surface area contributed by atoms with Gasteiger partial charge < -0.3 is 5.32 Å². The maximum Gasteiger partial charge on any atom is 0.202 e. The average molecular weight is 323 g/mol. The van der Waals surface area contributed by atoms with Crippen LogP contribution in [0, 0.1) is 5.82 Å². The molecule has 0 amide bonds. The van der Waals surface area contributed by atoms with Crippen LogP contribution in [0.5, 0.6) is 0 Å². The van der Waals surface area contributed by atoms with Crippen LogP contribution in [0.3, 0.4) is 0 Å². The van der Waals surface area contributed by atoms with E-state index in [4.69, 9.17) is 0 Å². The molecule has 0 aliphatic carbocycles. The van der Waals surface area contributed by atoms with Gasteiger partial charge >= 0.3 is 0 Å². The zero-order valence-electron chi connectivity index (χ0n) is 12.3. The van der Waals surface area contributed by atoms with Gasteiger partial charge in [-0.25, -0.2) is 4.39 Å². The van der Waals surface area contributed by atoms with Crippen LogP contribution < -0.4 is 5.32 Å². The minimum Gasteiger partial charge on any atom is -0.384 e. The van der Waals surface area contributed by atoms with Crippen molar-refractivity contribution in [2.24, 2.45) is 0 Å². The first-order valence-electron chi connectivity index (χ1n) is 7.48. The molecule has 4 rings (SSSR count). The monoisotopic (exact) mass is 323 g/mol. The molecule has 2 heterocycles. The van der Waals surface area contributed by atoms with Crippen LogP contribution in [0.25, 0.3) is 10.4 Å². The van der Waals surface area contributed by atoms with Crippen molar-refractivity contribution < 1.29 is 9.18 Å². The van der Waals surface area contributed by atoms with Crippen LogP contribution in [0.1, 0.15) is 20.8 Å². The third-order valence-electron chi connectivity index (χ3n) is 4.00. The van der Waals surface area contributed by atoms with Crippen LogP contribution in [0.15, 0.2) is 54.6 Å². The normalized spacial score (nSPS) is 12.7. The number of benzene rings is 2. The van der Waals surface area contributed by atoms with E-state index in [2.05, 4.69) is 5.32 Å². The summed E-state index contributed by atoms with van der Waals surface area (Å²) in [5.74, 6) is -0.211. The zero-order valence-corrected chi connectivity index (χ0v) is 13.1. The molecular weight excluding hydrogens is 309 g/mol. The number of hydrogen-bond acceptors (Lipinski definition) is 3. The molecule has 0 saturated carbocycles. The highest BCUT2D eigenvalue weighted by atomic mass is 32.1. The Kier molecular flexibility index (Phi) is 3.46. The van der Waals surface area contributed by atoms with Crippen molar-refractivity contribution in [3.05, 3.63) is 76.4 Å². The number of rotatable bonds is 2. The van der Waals surface area contributed by atoms with Gasteiger partial charge in [-0.2, -0.15) is 0 Å². The second kappa shape index (κ2) is 5.63. The Morgan fingerprint density at radius 1 is 1.09 bits per heavy atom. The van der Waals surface area contributed by atoms with E-state index < -0.39 is 0 Å². The number of hydrogen-bond donors (Lipinski definition) is 1. The number of carbonyl (C=O) groups excluding carboxylic acids is 1. The Bertz CT molecular complexity index is 886. The average Bonchev–Trinajstić information content (AvgIpc) is 2.92. The van der Waals surface area contributed by atoms with Gasteiger partial charge in [0, 0.05) is 28.2 Å². The molecule has 0 unspecified atom stereocenters. The predicted molar refractivity (Wildman–Crippen MR) is 91.8 cm³/mol. The van der Waals surface area contributed by atoms with Crippen molar-refractivity contribution in [3.8, 4) is 10.4 Å². The summed E-state index contributed by atoms with van der Waals surface area (Å²) < 4.78 is 13.5. The van der Waals surface area contributed by atoms with Crippen molar-refractivity contribution in [2.45, 2.75) is 6.42 Å². The molecule has 4 heteroatoms. The molecule has 1 aliphatic rings. The Morgan fingerprint density at radius 2 is 1.91 bits per heavy atom. The van der Waals surface area contributed by atoms with Gasteiger partial charge in [-0.05, 0) is 36.2 Å². The van der Waals surface area contributed by atoms with E-state index in [0.717, 1.165) is 39.5 Å². The van der Waals surface area contributed by atoms with Gasteiger partial charge in [0.1, 0.15) is 5.82 Å². The van der Waals surface area contributed by atoms with Crippen molar-refractivity contribution in [3.63, 3.8) is 0 Å². The summed E-state index contributed by atoms with van der Waals surface area (Å²) >= 11 is 1.49. The maximum absolute atomic E-state index is 13.5. The van der Waals surface area contributed by atoms with Gasteiger partial charge in [0.2, 0.25) is 5.78 Å². The lowest BCUT2D eigenvalue weighted by atomic mass is 10.1. The number of fused-ring (bicyclic) bond motifs is 3. The summed E-state index contributed by atoms with van der Waals surface area (Å²) in [6.45, 7) is 0.735. The van der Waals surface area contributed by atoms with Gasteiger partial charge in [-0.1, -0.05) is 30.3 Å². The molecule has 0 atom stereocenters. The Morgan fingerprint density at radius 3 is 2.74 bits per heavy atom. The number of nitrogens with one attached hydrogen (secondary N) is 1. The van der Waals surface area contributed by atoms with Crippen molar-refractivity contribution in [1.29, 1.82) is 0 Å². The van der Waals surface area contributed by atoms with Crippen LogP contribution >= 0.6 is 11.3 Å². The fourth-order valence-corrected chi connectivity index (χ4v) is 4.09. The first-order valence-corrected chi connectivity index (χ1v) is 8.30. The third-order valence-corrected chi connectivity index (χ3v) is 5.21. The Labute approximate surface area is 137 Å². The van der Waals surface area contributed by atoms with E-state index in [9.17, 15) is 9.18 Å². The molecule has 1 aromatic heterocycles. The molecule has 0 fully saturated rings. The van der Waals surface area contributed by atoms with E-state index in [1.807, 2.05) is 36.4 Å². The van der Waals surface area contributed by atoms with Gasteiger partial charge in [0.15, 0.2) is 0 Å². The lowest BCUT2D eigenvalue weighted by Gasteiger charge is -2.07. The van der Waals surface area contributed by atoms with Gasteiger partial charge in [-0.3, -0.25) is 4.79 Å². The molecule has 23 heavy (non-hydrogen) atoms. The van der Waals surface area contributed by atoms with Crippen LogP contribution in [0.2, 0.25) is 0 Å². The summed E-state index contributed by atoms with van der Waals surface area (Å²) in [6, 6.07) is 16.1. The molecule has 2 aromatic carbocycles. The standard InChI is InChI=1S/C19H14FNOS/c20-14-6-7-15-16(11-14)21-9-8-13-10-17(23-19(13)15)18(22)12-4-2-1-3-5-12/h1-7,10-11,21H,8-9H2. The first-order chi connectivity index (χ1) is 11.2. The Balaban J connectivity index is 1.80. The number of thiophene rings is 1. The third kappa shape index (κ3) is 2.55. The summed E-state index contributed by atoms with van der Waals surface area (Å²) in [5.41, 5.74) is 3.61. The van der Waals surface area contributed by atoms with Crippen molar-refractivity contribution in [2.75, 3.05) is 11.9 Å². The van der Waals surface area contributed by atoms with Crippen molar-refractivity contribution in [1.82, 2.24) is 0 Å². The molecule has 0 radical (unpaired) electrons. The number of anilines is 1. The lowest BCUT2D eigenvalue weighted by Crippen LogP contribution is -2.03. The highest BCUT2D eigenvalue weighted by molar-refractivity contribution is 7.17.